The average Bonchev–Trinajstić information content (AvgIpc) is 2.63. The fourth-order valence-electron chi connectivity index (χ4n) is 1.48. The summed E-state index contributed by atoms with van der Waals surface area (Å²) < 4.78 is 23.6. The van der Waals surface area contributed by atoms with Gasteiger partial charge in [-0.25, -0.2) is 13.4 Å². The molecule has 6 nitrogen and oxygen atoms in total. The van der Waals surface area contributed by atoms with Gasteiger partial charge in [-0.3, -0.25) is 4.68 Å². The van der Waals surface area contributed by atoms with Gasteiger partial charge in [0.2, 0.25) is 0 Å². The maximum absolute atomic E-state index is 11.0. The topological polar surface area (TPSA) is 76.9 Å². The van der Waals surface area contributed by atoms with E-state index < -0.39 is 9.84 Å². The average molecular weight is 274 g/mol. The van der Waals surface area contributed by atoms with Crippen LogP contribution in [0.4, 0.5) is 0 Å². The predicted octanol–water partition coefficient (Wildman–Crippen LogP) is 0.458. The first-order valence-electron chi connectivity index (χ1n) is 6.13. The van der Waals surface area contributed by atoms with Crippen LogP contribution in [0.25, 0.3) is 0 Å². The maximum Gasteiger partial charge on any atom is 0.164 e. The van der Waals surface area contributed by atoms with Crippen molar-refractivity contribution in [3.8, 4) is 0 Å². The zero-order valence-corrected chi connectivity index (χ0v) is 12.1. The van der Waals surface area contributed by atoms with Crippen LogP contribution < -0.4 is 5.32 Å². The maximum atomic E-state index is 11.0. The van der Waals surface area contributed by atoms with Crippen LogP contribution in [0.15, 0.2) is 6.33 Å². The minimum Gasteiger partial charge on any atom is -0.310 e. The Morgan fingerprint density at radius 1 is 1.44 bits per heavy atom. The van der Waals surface area contributed by atoms with Gasteiger partial charge in [-0.2, -0.15) is 5.10 Å². The van der Waals surface area contributed by atoms with Crippen LogP contribution >= 0.6 is 0 Å². The molecule has 0 aliphatic rings. The molecule has 1 aromatic heterocycles. The molecule has 104 valence electrons. The summed E-state index contributed by atoms with van der Waals surface area (Å²) in [6.45, 7) is 6.46. The second-order valence-electron chi connectivity index (χ2n) is 4.93. The summed E-state index contributed by atoms with van der Waals surface area (Å²) in [6, 6.07) is 0. The molecule has 0 atom stereocenters. The minimum absolute atomic E-state index is 0.188. The van der Waals surface area contributed by atoms with Crippen LogP contribution in [0.5, 0.6) is 0 Å². The molecule has 0 aromatic carbocycles. The Labute approximate surface area is 109 Å². The van der Waals surface area contributed by atoms with Crippen molar-refractivity contribution >= 4 is 9.84 Å². The third kappa shape index (κ3) is 6.70. The van der Waals surface area contributed by atoms with Gasteiger partial charge in [-0.05, 0) is 18.9 Å². The minimum atomic E-state index is -2.89. The van der Waals surface area contributed by atoms with E-state index in [1.54, 1.807) is 11.0 Å². The third-order valence-electron chi connectivity index (χ3n) is 2.32. The van der Waals surface area contributed by atoms with Gasteiger partial charge in [-0.1, -0.05) is 13.8 Å². The van der Waals surface area contributed by atoms with E-state index in [-0.39, 0.29) is 5.75 Å². The zero-order valence-electron chi connectivity index (χ0n) is 11.3. The number of sulfone groups is 1. The van der Waals surface area contributed by atoms with E-state index in [0.717, 1.165) is 12.4 Å². The van der Waals surface area contributed by atoms with E-state index in [0.29, 0.717) is 25.4 Å². The molecular formula is C11H22N4O2S. The lowest BCUT2D eigenvalue weighted by molar-refractivity contribution is 0.534. The van der Waals surface area contributed by atoms with E-state index in [1.807, 2.05) is 0 Å². The highest BCUT2D eigenvalue weighted by Crippen LogP contribution is 1.96. The number of aromatic nitrogens is 3. The fraction of sp³-hybridized carbons (Fsp3) is 0.818. The molecule has 0 aliphatic carbocycles. The molecule has 1 heterocycles. The molecule has 0 saturated heterocycles. The van der Waals surface area contributed by atoms with Crippen molar-refractivity contribution in [2.24, 2.45) is 5.92 Å². The molecule has 0 fully saturated rings. The normalized spacial score (nSPS) is 12.2. The van der Waals surface area contributed by atoms with Crippen LogP contribution in [0, 0.1) is 5.92 Å². The molecule has 1 N–H and O–H groups in total. The summed E-state index contributed by atoms with van der Waals surface area (Å²) >= 11 is 0. The lowest BCUT2D eigenvalue weighted by Gasteiger charge is -2.04. The van der Waals surface area contributed by atoms with Gasteiger partial charge in [0, 0.05) is 12.8 Å². The largest absolute Gasteiger partial charge is 0.310 e. The molecular weight excluding hydrogens is 252 g/mol. The molecule has 1 rings (SSSR count). The SMILES string of the molecule is CC(C)CNCc1ncn(CCCS(C)(=O)=O)n1. The number of rotatable bonds is 8. The summed E-state index contributed by atoms with van der Waals surface area (Å²) in [6.07, 6.45) is 3.46. The van der Waals surface area contributed by atoms with Gasteiger partial charge >= 0.3 is 0 Å². The van der Waals surface area contributed by atoms with Crippen molar-refractivity contribution in [3.63, 3.8) is 0 Å². The highest BCUT2D eigenvalue weighted by atomic mass is 32.2. The first-order valence-corrected chi connectivity index (χ1v) is 8.19. The predicted molar refractivity (Wildman–Crippen MR) is 70.9 cm³/mol. The number of hydrogen-bond donors (Lipinski definition) is 1. The van der Waals surface area contributed by atoms with Crippen LogP contribution in [-0.4, -0.2) is 41.7 Å². The Hall–Kier alpha value is -0.950. The Morgan fingerprint density at radius 3 is 2.78 bits per heavy atom. The van der Waals surface area contributed by atoms with Crippen LogP contribution in [0.1, 0.15) is 26.1 Å². The molecule has 0 unspecified atom stereocenters. The van der Waals surface area contributed by atoms with Crippen molar-refractivity contribution in [1.82, 2.24) is 20.1 Å². The van der Waals surface area contributed by atoms with E-state index >= 15 is 0 Å². The Morgan fingerprint density at radius 2 is 2.17 bits per heavy atom. The second-order valence-corrected chi connectivity index (χ2v) is 7.19. The zero-order chi connectivity index (χ0) is 13.6. The Kier molecular flexibility index (Phi) is 5.74. The molecule has 18 heavy (non-hydrogen) atoms. The third-order valence-corrected chi connectivity index (χ3v) is 3.35. The number of hydrogen-bond acceptors (Lipinski definition) is 5. The highest BCUT2D eigenvalue weighted by molar-refractivity contribution is 7.90. The first kappa shape index (κ1) is 15.1. The van der Waals surface area contributed by atoms with E-state index in [4.69, 9.17) is 0 Å². The second kappa shape index (κ2) is 6.84. The smallest absolute Gasteiger partial charge is 0.164 e. The van der Waals surface area contributed by atoms with Crippen molar-refractivity contribution in [2.75, 3.05) is 18.6 Å². The fourth-order valence-corrected chi connectivity index (χ4v) is 2.14. The summed E-state index contributed by atoms with van der Waals surface area (Å²) in [5.74, 6) is 1.53. The van der Waals surface area contributed by atoms with Crippen LogP contribution in [-0.2, 0) is 22.9 Å². The number of aryl methyl sites for hydroxylation is 1. The van der Waals surface area contributed by atoms with Crippen LogP contribution in [0.2, 0.25) is 0 Å². The van der Waals surface area contributed by atoms with Gasteiger partial charge in [0.25, 0.3) is 0 Å². The van der Waals surface area contributed by atoms with Crippen molar-refractivity contribution in [1.29, 1.82) is 0 Å². The molecule has 0 saturated carbocycles. The lowest BCUT2D eigenvalue weighted by Crippen LogP contribution is -2.19. The summed E-state index contributed by atoms with van der Waals surface area (Å²) in [4.78, 5) is 4.17. The van der Waals surface area contributed by atoms with Gasteiger partial charge in [-0.15, -0.1) is 0 Å². The molecule has 1 aromatic rings. The molecule has 0 bridgehead atoms. The van der Waals surface area contributed by atoms with Crippen molar-refractivity contribution in [2.45, 2.75) is 33.4 Å². The lowest BCUT2D eigenvalue weighted by atomic mass is 10.2. The quantitative estimate of drug-likeness (QED) is 0.745. The van der Waals surface area contributed by atoms with E-state index in [9.17, 15) is 8.42 Å². The van der Waals surface area contributed by atoms with Gasteiger partial charge < -0.3 is 5.32 Å². The number of nitrogens with zero attached hydrogens (tertiary/aromatic N) is 3. The van der Waals surface area contributed by atoms with Gasteiger partial charge in [0.15, 0.2) is 5.82 Å². The van der Waals surface area contributed by atoms with E-state index in [2.05, 4.69) is 29.2 Å². The molecule has 7 heteroatoms. The summed E-state index contributed by atoms with van der Waals surface area (Å²) in [5.41, 5.74) is 0. The number of nitrogens with one attached hydrogen (secondary N) is 1. The van der Waals surface area contributed by atoms with Crippen molar-refractivity contribution < 1.29 is 8.42 Å². The monoisotopic (exact) mass is 274 g/mol. The Bertz CT molecular complexity index is 453. The summed E-state index contributed by atoms with van der Waals surface area (Å²) in [7, 11) is -2.89. The molecule has 0 radical (unpaired) electrons. The molecule has 0 amide bonds. The molecule has 0 spiro atoms. The Balaban J connectivity index is 2.30. The van der Waals surface area contributed by atoms with Crippen molar-refractivity contribution in [3.05, 3.63) is 12.2 Å². The van der Waals surface area contributed by atoms with Crippen LogP contribution in [0.3, 0.4) is 0 Å². The van der Waals surface area contributed by atoms with Gasteiger partial charge in [0.1, 0.15) is 16.2 Å². The van der Waals surface area contributed by atoms with E-state index in [1.165, 1.54) is 6.26 Å². The highest BCUT2D eigenvalue weighted by Gasteiger charge is 2.04. The standard InChI is InChI=1S/C11H22N4O2S/c1-10(2)7-12-8-11-13-9-15(14-11)5-4-6-18(3,16)17/h9-10,12H,4-8H2,1-3H3. The summed E-state index contributed by atoms with van der Waals surface area (Å²) in [5, 5.41) is 7.54. The first-order chi connectivity index (χ1) is 8.37. The van der Waals surface area contributed by atoms with Gasteiger partial charge in [0.05, 0.1) is 12.3 Å². The molecule has 0 aliphatic heterocycles.